The van der Waals surface area contributed by atoms with Gasteiger partial charge in [0, 0.05) is 29.2 Å². The Morgan fingerprint density at radius 3 is 1.98 bits per heavy atom. The lowest BCUT2D eigenvalue weighted by atomic mass is 9.95. The van der Waals surface area contributed by atoms with Crippen molar-refractivity contribution in [1.82, 2.24) is 5.32 Å². The summed E-state index contributed by atoms with van der Waals surface area (Å²) in [6.07, 6.45) is 6.22. The van der Waals surface area contributed by atoms with Crippen molar-refractivity contribution in [1.29, 1.82) is 0 Å². The van der Waals surface area contributed by atoms with E-state index in [-0.39, 0.29) is 17.1 Å². The molecule has 0 bridgehead atoms. The van der Waals surface area contributed by atoms with E-state index in [0.717, 1.165) is 39.2 Å². The number of amides is 1. The zero-order valence-corrected chi connectivity index (χ0v) is 31.2. The topological polar surface area (TPSA) is 113 Å². The molecule has 0 spiro atoms. The fraction of sp³-hybridized carbons (Fsp3) is 0.300. The summed E-state index contributed by atoms with van der Waals surface area (Å²) in [5, 5.41) is 6.23. The molecule has 4 aromatic carbocycles. The number of carbonyl (C=O) groups excluding carboxylic acids is 2. The van der Waals surface area contributed by atoms with E-state index >= 15 is 0 Å². The molecule has 0 radical (unpaired) electrons. The molecule has 0 aliphatic rings. The molecule has 3 N–H and O–H groups in total. The molecular weight excluding hydrogens is 656 g/mol. The number of hydrogen-bond donors (Lipinski definition) is 3. The van der Waals surface area contributed by atoms with Crippen molar-refractivity contribution in [3.63, 3.8) is 0 Å². The summed E-state index contributed by atoms with van der Waals surface area (Å²) in [7, 11) is -2.13. The van der Waals surface area contributed by atoms with Gasteiger partial charge >= 0.3 is 0 Å². The van der Waals surface area contributed by atoms with Gasteiger partial charge in [0.25, 0.3) is 10.1 Å². The van der Waals surface area contributed by atoms with Crippen LogP contribution in [0.3, 0.4) is 0 Å². The van der Waals surface area contributed by atoms with Crippen LogP contribution in [0.1, 0.15) is 68.1 Å². The van der Waals surface area contributed by atoms with E-state index in [4.69, 9.17) is 16.2 Å². The van der Waals surface area contributed by atoms with Gasteiger partial charge in [0.15, 0.2) is 0 Å². The van der Waals surface area contributed by atoms with Crippen molar-refractivity contribution in [2.24, 2.45) is 5.41 Å². The molecule has 4 rings (SSSR count). The first-order valence-electron chi connectivity index (χ1n) is 16.2. The summed E-state index contributed by atoms with van der Waals surface area (Å²) in [6, 6.07) is 31.3. The highest BCUT2D eigenvalue weighted by molar-refractivity contribution is 7.85. The van der Waals surface area contributed by atoms with Gasteiger partial charge in [-0.05, 0) is 77.9 Å². The van der Waals surface area contributed by atoms with E-state index in [1.807, 2.05) is 81.4 Å². The molecule has 264 valence electrons. The fourth-order valence-corrected chi connectivity index (χ4v) is 4.76. The summed E-state index contributed by atoms with van der Waals surface area (Å²) >= 11 is 6.01. The smallest absolute Gasteiger partial charge is 0.266 e. The summed E-state index contributed by atoms with van der Waals surface area (Å²) in [5.74, 6) is -0.256. The Balaban J connectivity index is 0.000000449. The molecule has 0 fully saturated rings. The van der Waals surface area contributed by atoms with Crippen LogP contribution < -0.4 is 10.6 Å². The third-order valence-corrected chi connectivity index (χ3v) is 7.57. The number of rotatable bonds is 10. The van der Waals surface area contributed by atoms with Gasteiger partial charge in [-0.2, -0.15) is 8.42 Å². The zero-order chi connectivity index (χ0) is 36.9. The number of aryl methyl sites for hydroxylation is 2. The van der Waals surface area contributed by atoms with Gasteiger partial charge in [0.05, 0.1) is 5.75 Å². The number of aldehydes is 1. The highest BCUT2D eigenvalue weighted by Gasteiger charge is 2.06. The van der Waals surface area contributed by atoms with Crippen molar-refractivity contribution in [2.45, 2.75) is 54.4 Å². The maximum Gasteiger partial charge on any atom is 0.266 e. The summed E-state index contributed by atoms with van der Waals surface area (Å²) < 4.78 is 27.9. The van der Waals surface area contributed by atoms with Crippen LogP contribution in [-0.4, -0.2) is 44.5 Å². The SMILES string of the molecule is CC.CC(C)(C)/C=C/c1ccccc1.CNCCS(=O)(=O)O.Cc1cc(Cl)ccc1-c1ccc(NC(=O)CCc2ccc(C=O)cc2)cc1. The molecule has 0 unspecified atom stereocenters. The van der Waals surface area contributed by atoms with Crippen LogP contribution in [-0.2, 0) is 21.3 Å². The Kier molecular flexibility index (Phi) is 19.7. The average molecular weight is 707 g/mol. The van der Waals surface area contributed by atoms with Crippen LogP contribution in [0.15, 0.2) is 103 Å². The van der Waals surface area contributed by atoms with Crippen LogP contribution >= 0.6 is 11.6 Å². The van der Waals surface area contributed by atoms with Crippen molar-refractivity contribution in [2.75, 3.05) is 24.7 Å². The molecule has 9 heteroatoms. The Bertz CT molecular complexity index is 1680. The largest absolute Gasteiger partial charge is 0.326 e. The molecule has 0 aliphatic heterocycles. The standard InChI is InChI=1S/C23H20ClNO2.C12H16.C3H9NO3S.C2H6/c1-16-14-20(24)9-12-22(16)19-7-10-21(11-8-19)25-23(27)13-6-17-2-4-18(15-26)5-3-17;1-12(2,3)10-9-11-7-5-4-6-8-11;1-4-2-3-8(5,6)7;1-2/h2-5,7-12,14-15H,6,13H2,1H3,(H,25,27);4-10H,1-3H3;4H,2-3H2,1H3,(H,5,6,7);1-2H3/b;10-9+;;. The minimum Gasteiger partial charge on any atom is -0.326 e. The maximum absolute atomic E-state index is 12.2. The molecule has 0 atom stereocenters. The monoisotopic (exact) mass is 706 g/mol. The van der Waals surface area contributed by atoms with E-state index in [9.17, 15) is 18.0 Å². The molecule has 0 aliphatic carbocycles. The summed E-state index contributed by atoms with van der Waals surface area (Å²) in [4.78, 5) is 22.8. The Hall–Kier alpha value is -4.08. The van der Waals surface area contributed by atoms with Gasteiger partial charge < -0.3 is 10.6 Å². The minimum atomic E-state index is -3.75. The van der Waals surface area contributed by atoms with E-state index < -0.39 is 10.1 Å². The molecular formula is C40H51ClN2O5S. The van der Waals surface area contributed by atoms with Gasteiger partial charge in [-0.1, -0.05) is 131 Å². The summed E-state index contributed by atoms with van der Waals surface area (Å²) in [6.45, 7) is 12.9. The lowest BCUT2D eigenvalue weighted by Gasteiger charge is -2.10. The number of halogens is 1. The number of allylic oxidation sites excluding steroid dienone is 1. The minimum absolute atomic E-state index is 0.0371. The normalized spacial score (nSPS) is 10.8. The van der Waals surface area contributed by atoms with Gasteiger partial charge in [0.2, 0.25) is 5.91 Å². The van der Waals surface area contributed by atoms with Crippen molar-refractivity contribution in [3.8, 4) is 11.1 Å². The fourth-order valence-electron chi connectivity index (χ4n) is 4.07. The lowest BCUT2D eigenvalue weighted by molar-refractivity contribution is -0.116. The second-order valence-electron chi connectivity index (χ2n) is 11.9. The highest BCUT2D eigenvalue weighted by Crippen LogP contribution is 2.27. The van der Waals surface area contributed by atoms with E-state index in [1.54, 1.807) is 19.2 Å². The average Bonchev–Trinajstić information content (AvgIpc) is 3.07. The molecule has 1 amide bonds. The zero-order valence-electron chi connectivity index (χ0n) is 29.7. The first-order chi connectivity index (χ1) is 23.2. The Labute approximate surface area is 298 Å². The second kappa shape index (κ2) is 22.5. The second-order valence-corrected chi connectivity index (χ2v) is 14.0. The highest BCUT2D eigenvalue weighted by atomic mass is 35.5. The number of benzene rings is 4. The first kappa shape index (κ1) is 42.9. The molecule has 0 aromatic heterocycles. The molecule has 7 nitrogen and oxygen atoms in total. The van der Waals surface area contributed by atoms with Gasteiger partial charge in [0.1, 0.15) is 6.29 Å². The predicted octanol–water partition coefficient (Wildman–Crippen LogP) is 9.56. The van der Waals surface area contributed by atoms with Crippen LogP contribution in [0.4, 0.5) is 5.69 Å². The van der Waals surface area contributed by atoms with Crippen LogP contribution in [0.5, 0.6) is 0 Å². The molecule has 0 saturated heterocycles. The molecule has 49 heavy (non-hydrogen) atoms. The van der Waals surface area contributed by atoms with Crippen LogP contribution in [0.2, 0.25) is 5.02 Å². The quantitative estimate of drug-likeness (QED) is 0.112. The Morgan fingerprint density at radius 1 is 0.878 bits per heavy atom. The molecule has 4 aromatic rings. The van der Waals surface area contributed by atoms with Gasteiger partial charge in [-0.15, -0.1) is 0 Å². The first-order valence-corrected chi connectivity index (χ1v) is 18.2. The van der Waals surface area contributed by atoms with E-state index in [1.165, 1.54) is 5.56 Å². The number of carbonyl (C=O) groups is 2. The van der Waals surface area contributed by atoms with E-state index in [2.05, 4.69) is 67.8 Å². The molecule has 0 saturated carbocycles. The van der Waals surface area contributed by atoms with Crippen molar-refractivity contribution >= 4 is 45.7 Å². The van der Waals surface area contributed by atoms with Gasteiger partial charge in [-0.25, -0.2) is 0 Å². The molecule has 0 heterocycles. The summed E-state index contributed by atoms with van der Waals surface area (Å²) in [5.41, 5.74) is 7.30. The maximum atomic E-state index is 12.2. The lowest BCUT2D eigenvalue weighted by Crippen LogP contribution is -2.18. The van der Waals surface area contributed by atoms with Crippen LogP contribution in [0, 0.1) is 12.3 Å². The van der Waals surface area contributed by atoms with Gasteiger partial charge in [-0.3, -0.25) is 14.1 Å². The Morgan fingerprint density at radius 2 is 1.49 bits per heavy atom. The number of anilines is 1. The predicted molar refractivity (Wildman–Crippen MR) is 207 cm³/mol. The number of hydrogen-bond acceptors (Lipinski definition) is 5. The number of nitrogens with one attached hydrogen (secondary N) is 2. The third-order valence-electron chi connectivity index (χ3n) is 6.61. The third kappa shape index (κ3) is 19.5. The van der Waals surface area contributed by atoms with Crippen molar-refractivity contribution < 1.29 is 22.6 Å². The van der Waals surface area contributed by atoms with Crippen LogP contribution in [0.25, 0.3) is 17.2 Å². The van der Waals surface area contributed by atoms with E-state index in [0.29, 0.717) is 24.9 Å². The van der Waals surface area contributed by atoms with Crippen molar-refractivity contribution in [3.05, 3.63) is 130 Å².